The van der Waals surface area contributed by atoms with E-state index in [9.17, 15) is 4.39 Å². The minimum atomic E-state index is -0.266. The van der Waals surface area contributed by atoms with E-state index in [4.69, 9.17) is 10.5 Å². The highest BCUT2D eigenvalue weighted by molar-refractivity contribution is 9.10. The average molecular weight is 352 g/mol. The smallest absolute Gasteiger partial charge is 0.130 e. The molecule has 0 bridgehead atoms. The van der Waals surface area contributed by atoms with Crippen molar-refractivity contribution in [2.75, 3.05) is 0 Å². The molecule has 2 rings (SSSR count). The fourth-order valence-corrected chi connectivity index (χ4v) is 2.28. The Kier molecular flexibility index (Phi) is 5.76. The molecule has 2 aromatic carbocycles. The molecule has 0 spiro atoms. The third kappa shape index (κ3) is 5.14. The third-order valence-electron chi connectivity index (χ3n) is 3.22. The first-order valence-electron chi connectivity index (χ1n) is 6.96. The largest absolute Gasteiger partial charge is 0.489 e. The van der Waals surface area contributed by atoms with Crippen LogP contribution in [0.25, 0.3) is 0 Å². The van der Waals surface area contributed by atoms with E-state index in [1.54, 1.807) is 12.1 Å². The summed E-state index contributed by atoms with van der Waals surface area (Å²) < 4.78 is 20.0. The Balaban J connectivity index is 1.91. The summed E-state index contributed by atoms with van der Waals surface area (Å²) in [5, 5.41) is 0. The van der Waals surface area contributed by atoms with Gasteiger partial charge in [0.2, 0.25) is 0 Å². The maximum absolute atomic E-state index is 13.7. The van der Waals surface area contributed by atoms with Crippen LogP contribution in [0.1, 0.15) is 24.5 Å². The highest BCUT2D eigenvalue weighted by Gasteiger charge is 2.04. The van der Waals surface area contributed by atoms with Crippen molar-refractivity contribution in [1.29, 1.82) is 0 Å². The Labute approximate surface area is 133 Å². The first-order chi connectivity index (χ1) is 10.0. The molecule has 0 radical (unpaired) electrons. The Morgan fingerprint density at radius 2 is 1.90 bits per heavy atom. The van der Waals surface area contributed by atoms with Crippen LogP contribution in [0.3, 0.4) is 0 Å². The zero-order valence-corrected chi connectivity index (χ0v) is 13.6. The maximum atomic E-state index is 13.7. The van der Waals surface area contributed by atoms with Crippen molar-refractivity contribution in [3.05, 3.63) is 63.9 Å². The number of nitrogens with two attached hydrogens (primary N) is 1. The van der Waals surface area contributed by atoms with Crippen LogP contribution < -0.4 is 10.5 Å². The summed E-state index contributed by atoms with van der Waals surface area (Å²) in [6, 6.07) is 13.0. The van der Waals surface area contributed by atoms with Gasteiger partial charge in [0.05, 0.1) is 0 Å². The second kappa shape index (κ2) is 7.57. The quantitative estimate of drug-likeness (QED) is 0.834. The van der Waals surface area contributed by atoms with E-state index in [1.807, 2.05) is 31.2 Å². The lowest BCUT2D eigenvalue weighted by molar-refractivity contribution is 0.299. The van der Waals surface area contributed by atoms with Gasteiger partial charge in [0.1, 0.15) is 18.2 Å². The molecule has 0 aliphatic carbocycles. The normalized spacial score (nSPS) is 12.2. The summed E-state index contributed by atoms with van der Waals surface area (Å²) >= 11 is 3.24. The van der Waals surface area contributed by atoms with Gasteiger partial charge < -0.3 is 10.5 Å². The summed E-state index contributed by atoms with van der Waals surface area (Å²) in [6.45, 7) is 2.22. The molecule has 4 heteroatoms. The second-order valence-corrected chi connectivity index (χ2v) is 6.10. The minimum Gasteiger partial charge on any atom is -0.489 e. The van der Waals surface area contributed by atoms with E-state index in [0.29, 0.717) is 5.56 Å². The summed E-state index contributed by atoms with van der Waals surface area (Å²) in [7, 11) is 0. The van der Waals surface area contributed by atoms with Crippen LogP contribution in [0.15, 0.2) is 46.9 Å². The summed E-state index contributed by atoms with van der Waals surface area (Å²) in [6.07, 6.45) is 1.92. The zero-order chi connectivity index (χ0) is 15.2. The molecule has 0 aliphatic rings. The van der Waals surface area contributed by atoms with E-state index in [0.717, 1.165) is 23.1 Å². The van der Waals surface area contributed by atoms with Gasteiger partial charge in [-0.25, -0.2) is 4.39 Å². The number of benzene rings is 2. The zero-order valence-electron chi connectivity index (χ0n) is 12.0. The van der Waals surface area contributed by atoms with Crippen LogP contribution in [-0.2, 0) is 13.0 Å². The molecule has 0 fully saturated rings. The van der Waals surface area contributed by atoms with Crippen LogP contribution >= 0.6 is 15.9 Å². The predicted octanol–water partition coefficient (Wildman–Crippen LogP) is 4.45. The minimum absolute atomic E-state index is 0.210. The van der Waals surface area contributed by atoms with Gasteiger partial charge in [-0.1, -0.05) is 34.1 Å². The van der Waals surface area contributed by atoms with Gasteiger partial charge in [-0.3, -0.25) is 0 Å². The number of ether oxygens (including phenoxy) is 1. The highest BCUT2D eigenvalue weighted by atomic mass is 79.9. The first-order valence-corrected chi connectivity index (χ1v) is 7.75. The summed E-state index contributed by atoms with van der Waals surface area (Å²) in [4.78, 5) is 0. The van der Waals surface area contributed by atoms with Gasteiger partial charge in [0.15, 0.2) is 0 Å². The first kappa shape index (κ1) is 16.0. The molecule has 2 N–H and O–H groups in total. The monoisotopic (exact) mass is 351 g/mol. The molecule has 2 aromatic rings. The average Bonchev–Trinajstić information content (AvgIpc) is 2.45. The molecule has 0 aliphatic heterocycles. The summed E-state index contributed by atoms with van der Waals surface area (Å²) in [5.41, 5.74) is 7.52. The maximum Gasteiger partial charge on any atom is 0.130 e. The molecule has 0 amide bonds. The SMILES string of the molecule is CC(N)CCc1ccc(OCc2ccc(Br)cc2F)cc1. The standard InChI is InChI=1S/C17H19BrFNO/c1-12(20)2-3-13-4-8-16(9-5-13)21-11-14-6-7-15(18)10-17(14)19/h4-10,12H,2-3,11,20H2,1H3. The van der Waals surface area contributed by atoms with Crippen molar-refractivity contribution in [1.82, 2.24) is 0 Å². The highest BCUT2D eigenvalue weighted by Crippen LogP contribution is 2.19. The fourth-order valence-electron chi connectivity index (χ4n) is 1.95. The van der Waals surface area contributed by atoms with Crippen LogP contribution in [0.4, 0.5) is 4.39 Å². The van der Waals surface area contributed by atoms with Gasteiger partial charge in [-0.15, -0.1) is 0 Å². The lowest BCUT2D eigenvalue weighted by atomic mass is 10.1. The van der Waals surface area contributed by atoms with Crippen molar-refractivity contribution in [2.24, 2.45) is 5.73 Å². The van der Waals surface area contributed by atoms with Gasteiger partial charge in [-0.2, -0.15) is 0 Å². The molecular weight excluding hydrogens is 333 g/mol. The van der Waals surface area contributed by atoms with E-state index in [2.05, 4.69) is 15.9 Å². The van der Waals surface area contributed by atoms with E-state index < -0.39 is 0 Å². The molecule has 1 unspecified atom stereocenters. The molecule has 21 heavy (non-hydrogen) atoms. The predicted molar refractivity (Wildman–Crippen MR) is 86.8 cm³/mol. The molecule has 0 heterocycles. The molecule has 0 saturated heterocycles. The number of halogens is 2. The summed E-state index contributed by atoms with van der Waals surface area (Å²) in [5.74, 6) is 0.472. The van der Waals surface area contributed by atoms with Gasteiger partial charge in [0.25, 0.3) is 0 Å². The number of hydrogen-bond acceptors (Lipinski definition) is 2. The van der Waals surface area contributed by atoms with Crippen molar-refractivity contribution < 1.29 is 9.13 Å². The molecule has 0 saturated carbocycles. The Morgan fingerprint density at radius 3 is 2.52 bits per heavy atom. The second-order valence-electron chi connectivity index (χ2n) is 5.18. The topological polar surface area (TPSA) is 35.2 Å². The number of hydrogen-bond donors (Lipinski definition) is 1. The Bertz CT molecular complexity index is 584. The molecule has 2 nitrogen and oxygen atoms in total. The van der Waals surface area contributed by atoms with Crippen LogP contribution in [0.5, 0.6) is 5.75 Å². The lowest BCUT2D eigenvalue weighted by Crippen LogP contribution is -2.15. The van der Waals surface area contributed by atoms with Crippen molar-refractivity contribution in [2.45, 2.75) is 32.4 Å². The molecule has 112 valence electrons. The van der Waals surface area contributed by atoms with Crippen LogP contribution in [0, 0.1) is 5.82 Å². The fraction of sp³-hybridized carbons (Fsp3) is 0.294. The Morgan fingerprint density at radius 1 is 1.19 bits per heavy atom. The Hall–Kier alpha value is -1.39. The molecule has 1 atom stereocenters. The van der Waals surface area contributed by atoms with Gasteiger partial charge in [-0.05, 0) is 49.6 Å². The van der Waals surface area contributed by atoms with Crippen LogP contribution in [0.2, 0.25) is 0 Å². The van der Waals surface area contributed by atoms with E-state index in [1.165, 1.54) is 11.6 Å². The number of rotatable bonds is 6. The van der Waals surface area contributed by atoms with Crippen LogP contribution in [-0.4, -0.2) is 6.04 Å². The van der Waals surface area contributed by atoms with Crippen molar-refractivity contribution in [3.63, 3.8) is 0 Å². The van der Waals surface area contributed by atoms with E-state index >= 15 is 0 Å². The van der Waals surface area contributed by atoms with Gasteiger partial charge >= 0.3 is 0 Å². The molecule has 0 aromatic heterocycles. The van der Waals surface area contributed by atoms with Crippen molar-refractivity contribution >= 4 is 15.9 Å². The van der Waals surface area contributed by atoms with Crippen molar-refractivity contribution in [3.8, 4) is 5.75 Å². The molecular formula is C17H19BrFNO. The van der Waals surface area contributed by atoms with E-state index in [-0.39, 0.29) is 18.5 Å². The lowest BCUT2D eigenvalue weighted by Gasteiger charge is -2.09. The third-order valence-corrected chi connectivity index (χ3v) is 3.71. The number of aryl methyl sites for hydroxylation is 1. The van der Waals surface area contributed by atoms with Gasteiger partial charge in [0, 0.05) is 16.1 Å².